The van der Waals surface area contributed by atoms with Crippen LogP contribution in [0.15, 0.2) is 66.7 Å². The fraction of sp³-hybridized carbons (Fsp3) is 0.250. The van der Waals surface area contributed by atoms with Crippen LogP contribution in [0.1, 0.15) is 37.4 Å². The molecule has 112 valence electrons. The summed E-state index contributed by atoms with van der Waals surface area (Å²) >= 11 is 0. The normalized spacial score (nSPS) is 19.7. The van der Waals surface area contributed by atoms with E-state index in [1.165, 1.54) is 0 Å². The third-order valence-electron chi connectivity index (χ3n) is 4.21. The molecule has 22 heavy (non-hydrogen) atoms. The van der Waals surface area contributed by atoms with Crippen molar-refractivity contribution in [1.29, 1.82) is 0 Å². The van der Waals surface area contributed by atoms with E-state index in [0.717, 1.165) is 16.8 Å². The molecular weight excluding hydrogens is 270 g/mol. The fourth-order valence-corrected chi connectivity index (χ4v) is 3.07. The van der Waals surface area contributed by atoms with Gasteiger partial charge < -0.3 is 4.90 Å². The topological polar surface area (TPSA) is 20.3 Å². The van der Waals surface area contributed by atoms with Crippen LogP contribution in [0.2, 0.25) is 0 Å². The van der Waals surface area contributed by atoms with Crippen LogP contribution in [0.5, 0.6) is 0 Å². The molecule has 0 spiro atoms. The third-order valence-corrected chi connectivity index (χ3v) is 4.21. The van der Waals surface area contributed by atoms with E-state index >= 15 is 0 Å². The van der Waals surface area contributed by atoms with E-state index in [0.29, 0.717) is 6.42 Å². The van der Waals surface area contributed by atoms with Crippen LogP contribution in [0, 0.1) is 5.92 Å². The molecule has 2 atom stereocenters. The van der Waals surface area contributed by atoms with Gasteiger partial charge in [0.2, 0.25) is 5.91 Å². The average molecular weight is 291 g/mol. The summed E-state index contributed by atoms with van der Waals surface area (Å²) in [6.07, 6.45) is 2.80. The molecule has 2 heteroatoms. The zero-order valence-electron chi connectivity index (χ0n) is 13.1. The van der Waals surface area contributed by atoms with E-state index in [4.69, 9.17) is 0 Å². The molecule has 1 unspecified atom stereocenters. The summed E-state index contributed by atoms with van der Waals surface area (Å²) in [5, 5.41) is 0. The van der Waals surface area contributed by atoms with Gasteiger partial charge in [0.15, 0.2) is 0 Å². The van der Waals surface area contributed by atoms with Crippen LogP contribution < -0.4 is 0 Å². The molecule has 0 N–H and O–H groups in total. The molecule has 0 fully saturated rings. The van der Waals surface area contributed by atoms with Crippen LogP contribution in [0.3, 0.4) is 0 Å². The van der Waals surface area contributed by atoms with Crippen molar-refractivity contribution in [2.24, 2.45) is 5.92 Å². The van der Waals surface area contributed by atoms with Gasteiger partial charge in [0.1, 0.15) is 0 Å². The van der Waals surface area contributed by atoms with E-state index < -0.39 is 0 Å². The maximum atomic E-state index is 12.7. The predicted octanol–water partition coefficient (Wildman–Crippen LogP) is 4.66. The van der Waals surface area contributed by atoms with Crippen molar-refractivity contribution in [1.82, 2.24) is 4.90 Å². The first-order valence-corrected chi connectivity index (χ1v) is 7.81. The molecule has 0 radical (unpaired) electrons. The van der Waals surface area contributed by atoms with Gasteiger partial charge in [-0.25, -0.2) is 0 Å². The minimum atomic E-state index is 0.0349. The summed E-state index contributed by atoms with van der Waals surface area (Å²) < 4.78 is 0. The molecule has 2 aromatic carbocycles. The van der Waals surface area contributed by atoms with E-state index in [1.807, 2.05) is 41.3 Å². The molecular formula is C20H21NO. The second-order valence-corrected chi connectivity index (χ2v) is 5.95. The summed E-state index contributed by atoms with van der Waals surface area (Å²) in [7, 11) is 0. The quantitative estimate of drug-likeness (QED) is 0.805. The highest BCUT2D eigenvalue weighted by molar-refractivity contribution is 5.90. The molecule has 3 rings (SSSR count). The van der Waals surface area contributed by atoms with Crippen molar-refractivity contribution in [3.8, 4) is 0 Å². The number of hydrogen-bond donors (Lipinski definition) is 0. The van der Waals surface area contributed by atoms with Gasteiger partial charge in [0.05, 0.1) is 6.04 Å². The highest BCUT2D eigenvalue weighted by atomic mass is 16.2. The summed E-state index contributed by atoms with van der Waals surface area (Å²) in [6, 6.07) is 20.4. The Morgan fingerprint density at radius 3 is 2.23 bits per heavy atom. The predicted molar refractivity (Wildman–Crippen MR) is 89.9 cm³/mol. The average Bonchev–Trinajstić information content (AvgIpc) is 2.55. The van der Waals surface area contributed by atoms with Gasteiger partial charge in [0, 0.05) is 12.1 Å². The minimum absolute atomic E-state index is 0.0349. The van der Waals surface area contributed by atoms with E-state index in [1.54, 1.807) is 0 Å². The molecule has 0 bridgehead atoms. The Hall–Kier alpha value is -2.35. The Kier molecular flexibility index (Phi) is 4.10. The van der Waals surface area contributed by atoms with Crippen LogP contribution in [0.4, 0.5) is 0 Å². The Balaban J connectivity index is 2.03. The van der Waals surface area contributed by atoms with E-state index in [9.17, 15) is 4.79 Å². The van der Waals surface area contributed by atoms with Gasteiger partial charge in [-0.1, -0.05) is 73.7 Å². The second-order valence-electron chi connectivity index (χ2n) is 5.95. The van der Waals surface area contributed by atoms with Gasteiger partial charge >= 0.3 is 0 Å². The largest absolute Gasteiger partial charge is 0.305 e. The summed E-state index contributed by atoms with van der Waals surface area (Å²) in [6.45, 7) is 4.20. The van der Waals surface area contributed by atoms with Crippen molar-refractivity contribution < 1.29 is 4.79 Å². The number of benzene rings is 2. The lowest BCUT2D eigenvalue weighted by molar-refractivity contribution is -0.130. The van der Waals surface area contributed by atoms with Crippen LogP contribution in [0.25, 0.3) is 5.70 Å². The molecule has 0 saturated heterocycles. The monoisotopic (exact) mass is 291 g/mol. The summed E-state index contributed by atoms with van der Waals surface area (Å²) in [5.74, 6) is 0.479. The van der Waals surface area contributed by atoms with Crippen LogP contribution in [-0.4, -0.2) is 10.8 Å². The van der Waals surface area contributed by atoms with Crippen molar-refractivity contribution in [3.05, 3.63) is 77.9 Å². The Morgan fingerprint density at radius 2 is 1.59 bits per heavy atom. The first kappa shape index (κ1) is 14.6. The molecule has 1 aliphatic rings. The van der Waals surface area contributed by atoms with Gasteiger partial charge in [-0.3, -0.25) is 4.79 Å². The standard InChI is InChI=1S/C20H21NO/c1-15-13-19(18-11-7-4-8-12-18)21(20(22)14-15)16(2)17-9-5-3-6-10-17/h3-13,15-16H,14H2,1-2H3/t15?,16-/m0/s1. The number of nitrogens with zero attached hydrogens (tertiary/aromatic N) is 1. The molecule has 2 aromatic rings. The zero-order valence-corrected chi connectivity index (χ0v) is 13.1. The highest BCUT2D eigenvalue weighted by Crippen LogP contribution is 2.35. The van der Waals surface area contributed by atoms with Crippen LogP contribution in [-0.2, 0) is 4.79 Å². The third kappa shape index (κ3) is 2.82. The lowest BCUT2D eigenvalue weighted by Crippen LogP contribution is -2.36. The number of carbonyl (C=O) groups is 1. The van der Waals surface area contributed by atoms with Gasteiger partial charge in [-0.15, -0.1) is 0 Å². The second kappa shape index (κ2) is 6.18. The van der Waals surface area contributed by atoms with Crippen molar-refractivity contribution in [2.45, 2.75) is 26.3 Å². The van der Waals surface area contributed by atoms with Crippen molar-refractivity contribution in [3.63, 3.8) is 0 Å². The fourth-order valence-electron chi connectivity index (χ4n) is 3.07. The molecule has 1 aliphatic heterocycles. The molecule has 0 saturated carbocycles. The summed E-state index contributed by atoms with van der Waals surface area (Å²) in [5.41, 5.74) is 3.29. The Morgan fingerprint density at radius 1 is 1.00 bits per heavy atom. The van der Waals surface area contributed by atoms with Crippen molar-refractivity contribution >= 4 is 11.6 Å². The molecule has 1 heterocycles. The van der Waals surface area contributed by atoms with E-state index in [-0.39, 0.29) is 17.9 Å². The maximum Gasteiger partial charge on any atom is 0.228 e. The van der Waals surface area contributed by atoms with Crippen molar-refractivity contribution in [2.75, 3.05) is 0 Å². The number of amides is 1. The lowest BCUT2D eigenvalue weighted by Gasteiger charge is -2.36. The zero-order chi connectivity index (χ0) is 15.5. The number of rotatable bonds is 3. The molecule has 0 aliphatic carbocycles. The van der Waals surface area contributed by atoms with Crippen LogP contribution >= 0.6 is 0 Å². The Labute approximate surface area is 132 Å². The number of hydrogen-bond acceptors (Lipinski definition) is 1. The SMILES string of the molecule is CC1C=C(c2ccccc2)N([C@@H](C)c2ccccc2)C(=O)C1. The first-order valence-electron chi connectivity index (χ1n) is 7.81. The molecule has 1 amide bonds. The molecule has 0 aromatic heterocycles. The smallest absolute Gasteiger partial charge is 0.228 e. The minimum Gasteiger partial charge on any atom is -0.305 e. The first-order chi connectivity index (χ1) is 10.7. The number of carbonyl (C=O) groups excluding carboxylic acids is 1. The highest BCUT2D eigenvalue weighted by Gasteiger charge is 2.30. The Bertz CT molecular complexity index is 675. The lowest BCUT2D eigenvalue weighted by atomic mass is 9.94. The van der Waals surface area contributed by atoms with Gasteiger partial charge in [-0.05, 0) is 24.0 Å². The number of allylic oxidation sites excluding steroid dienone is 1. The van der Waals surface area contributed by atoms with Gasteiger partial charge in [0.25, 0.3) is 0 Å². The summed E-state index contributed by atoms with van der Waals surface area (Å²) in [4.78, 5) is 14.6. The molecule has 2 nitrogen and oxygen atoms in total. The maximum absolute atomic E-state index is 12.7. The van der Waals surface area contributed by atoms with E-state index in [2.05, 4.69) is 44.2 Å². The van der Waals surface area contributed by atoms with Gasteiger partial charge in [-0.2, -0.15) is 0 Å².